The monoisotopic (exact) mass is 223 g/mol. The van der Waals surface area contributed by atoms with E-state index in [9.17, 15) is 9.59 Å². The van der Waals surface area contributed by atoms with Crippen LogP contribution >= 0.6 is 11.6 Å². The van der Waals surface area contributed by atoms with E-state index < -0.39 is 0 Å². The summed E-state index contributed by atoms with van der Waals surface area (Å²) in [5.74, 6) is -0.595. The maximum absolute atomic E-state index is 11.7. The first-order valence-corrected chi connectivity index (χ1v) is 5.03. The Balaban J connectivity index is 2.29. The molecule has 0 radical (unpaired) electrons. The summed E-state index contributed by atoms with van der Waals surface area (Å²) in [6.45, 7) is 0. The zero-order chi connectivity index (χ0) is 11.0. The molecule has 78 valence electrons. The number of benzene rings is 1. The van der Waals surface area contributed by atoms with E-state index in [1.807, 2.05) is 0 Å². The van der Waals surface area contributed by atoms with Gasteiger partial charge in [-0.15, -0.1) is 0 Å². The van der Waals surface area contributed by atoms with Gasteiger partial charge in [0.05, 0.1) is 5.92 Å². The van der Waals surface area contributed by atoms with E-state index >= 15 is 0 Å². The second kappa shape index (κ2) is 3.66. The van der Waals surface area contributed by atoms with E-state index in [1.165, 1.54) is 11.9 Å². The molecule has 0 N–H and O–H groups in total. The third-order valence-electron chi connectivity index (χ3n) is 2.65. The van der Waals surface area contributed by atoms with Crippen molar-refractivity contribution in [2.45, 2.75) is 12.3 Å². The molecule has 4 heteroatoms. The molecule has 1 aliphatic rings. The van der Waals surface area contributed by atoms with Gasteiger partial charge in [-0.25, -0.2) is 0 Å². The first kappa shape index (κ1) is 10.2. The summed E-state index contributed by atoms with van der Waals surface area (Å²) in [6.07, 6.45) is 0.261. The molecule has 3 nitrogen and oxygen atoms in total. The van der Waals surface area contributed by atoms with Crippen molar-refractivity contribution in [3.63, 3.8) is 0 Å². The lowest BCUT2D eigenvalue weighted by Crippen LogP contribution is -2.25. The molecule has 0 aliphatic carbocycles. The average Bonchev–Trinajstić information content (AvgIpc) is 2.47. The van der Waals surface area contributed by atoms with Crippen LogP contribution in [0, 0.1) is 0 Å². The van der Waals surface area contributed by atoms with Crippen LogP contribution in [0.1, 0.15) is 17.9 Å². The second-order valence-electron chi connectivity index (χ2n) is 3.60. The molecule has 1 fully saturated rings. The van der Waals surface area contributed by atoms with Crippen LogP contribution in [-0.4, -0.2) is 23.8 Å². The number of carbonyl (C=O) groups is 2. The Labute approximate surface area is 92.6 Å². The van der Waals surface area contributed by atoms with Crippen LogP contribution in [0.4, 0.5) is 0 Å². The van der Waals surface area contributed by atoms with Crippen LogP contribution in [0.5, 0.6) is 0 Å². The summed E-state index contributed by atoms with van der Waals surface area (Å²) in [6, 6.07) is 7.04. The summed E-state index contributed by atoms with van der Waals surface area (Å²) >= 11 is 5.75. The van der Waals surface area contributed by atoms with Crippen molar-refractivity contribution in [2.24, 2.45) is 0 Å². The zero-order valence-corrected chi connectivity index (χ0v) is 8.99. The number of nitrogens with zero attached hydrogens (tertiary/aromatic N) is 1. The number of amides is 2. The highest BCUT2D eigenvalue weighted by molar-refractivity contribution is 6.30. The lowest BCUT2D eigenvalue weighted by Gasteiger charge is -2.08. The van der Waals surface area contributed by atoms with E-state index in [0.717, 1.165) is 5.56 Å². The van der Waals surface area contributed by atoms with E-state index in [-0.39, 0.29) is 24.2 Å². The van der Waals surface area contributed by atoms with Gasteiger partial charge in [0, 0.05) is 18.5 Å². The van der Waals surface area contributed by atoms with Gasteiger partial charge in [-0.05, 0) is 17.7 Å². The van der Waals surface area contributed by atoms with Gasteiger partial charge in [0.25, 0.3) is 0 Å². The molecular weight excluding hydrogens is 214 g/mol. The fourth-order valence-corrected chi connectivity index (χ4v) is 1.84. The number of rotatable bonds is 1. The van der Waals surface area contributed by atoms with Crippen molar-refractivity contribution in [3.8, 4) is 0 Å². The molecule has 1 unspecified atom stereocenters. The molecule has 0 bridgehead atoms. The number of likely N-dealkylation sites (N-methyl/N-ethyl adjacent to an activating group) is 1. The topological polar surface area (TPSA) is 37.4 Å². The van der Waals surface area contributed by atoms with Crippen LogP contribution in [0.2, 0.25) is 5.02 Å². The molecule has 0 saturated carbocycles. The first-order valence-electron chi connectivity index (χ1n) is 4.65. The van der Waals surface area contributed by atoms with Crippen molar-refractivity contribution in [2.75, 3.05) is 7.05 Å². The Morgan fingerprint density at radius 3 is 2.33 bits per heavy atom. The number of imide groups is 1. The lowest BCUT2D eigenvalue weighted by molar-refractivity contribution is -0.137. The molecule has 1 aliphatic heterocycles. The van der Waals surface area contributed by atoms with Crippen LogP contribution < -0.4 is 0 Å². The van der Waals surface area contributed by atoms with Gasteiger partial charge in [0.1, 0.15) is 0 Å². The largest absolute Gasteiger partial charge is 0.285 e. The summed E-state index contributed by atoms with van der Waals surface area (Å²) < 4.78 is 0. The van der Waals surface area contributed by atoms with E-state index in [0.29, 0.717) is 5.02 Å². The van der Waals surface area contributed by atoms with Gasteiger partial charge in [-0.1, -0.05) is 23.7 Å². The third-order valence-corrected chi connectivity index (χ3v) is 2.91. The summed E-state index contributed by atoms with van der Waals surface area (Å²) in [7, 11) is 1.51. The van der Waals surface area contributed by atoms with Gasteiger partial charge in [-0.3, -0.25) is 14.5 Å². The van der Waals surface area contributed by atoms with Crippen LogP contribution in [0.3, 0.4) is 0 Å². The summed E-state index contributed by atoms with van der Waals surface area (Å²) in [5.41, 5.74) is 0.849. The minimum atomic E-state index is -0.334. The molecule has 1 saturated heterocycles. The highest BCUT2D eigenvalue weighted by Crippen LogP contribution is 2.29. The van der Waals surface area contributed by atoms with Gasteiger partial charge in [0.15, 0.2) is 0 Å². The summed E-state index contributed by atoms with van der Waals surface area (Å²) in [5, 5.41) is 0.629. The fraction of sp³-hybridized carbons (Fsp3) is 0.273. The van der Waals surface area contributed by atoms with Crippen molar-refractivity contribution >= 4 is 23.4 Å². The normalized spacial score (nSPS) is 21.2. The quantitative estimate of drug-likeness (QED) is 0.681. The highest BCUT2D eigenvalue weighted by Gasteiger charge is 2.36. The highest BCUT2D eigenvalue weighted by atomic mass is 35.5. The summed E-state index contributed by atoms with van der Waals surface area (Å²) in [4.78, 5) is 24.2. The molecule has 1 aromatic carbocycles. The van der Waals surface area contributed by atoms with Gasteiger partial charge in [-0.2, -0.15) is 0 Å². The maximum atomic E-state index is 11.7. The fourth-order valence-electron chi connectivity index (χ4n) is 1.71. The van der Waals surface area contributed by atoms with E-state index in [1.54, 1.807) is 24.3 Å². The Kier molecular flexibility index (Phi) is 2.49. The molecular formula is C11H10ClNO2. The smallest absolute Gasteiger partial charge is 0.236 e. The lowest BCUT2D eigenvalue weighted by atomic mass is 9.98. The van der Waals surface area contributed by atoms with Crippen LogP contribution in [-0.2, 0) is 9.59 Å². The third kappa shape index (κ3) is 1.75. The molecule has 1 heterocycles. The standard InChI is InChI=1S/C11H10ClNO2/c1-13-10(14)6-9(11(13)15)7-2-4-8(12)5-3-7/h2-5,9H,6H2,1H3. The Morgan fingerprint density at radius 2 is 1.87 bits per heavy atom. The van der Waals surface area contributed by atoms with E-state index in [2.05, 4.69) is 0 Å². The van der Waals surface area contributed by atoms with Crippen LogP contribution in [0.15, 0.2) is 24.3 Å². The Bertz CT molecular complexity index is 413. The number of carbonyl (C=O) groups excluding carboxylic acids is 2. The molecule has 15 heavy (non-hydrogen) atoms. The molecule has 1 atom stereocenters. The van der Waals surface area contributed by atoms with Crippen molar-refractivity contribution < 1.29 is 9.59 Å². The first-order chi connectivity index (χ1) is 7.09. The predicted octanol–water partition coefficient (Wildman–Crippen LogP) is 1.81. The average molecular weight is 224 g/mol. The van der Waals surface area contributed by atoms with Gasteiger partial charge >= 0.3 is 0 Å². The maximum Gasteiger partial charge on any atom is 0.236 e. The Hall–Kier alpha value is -1.35. The van der Waals surface area contributed by atoms with Crippen molar-refractivity contribution in [3.05, 3.63) is 34.9 Å². The van der Waals surface area contributed by atoms with Crippen molar-refractivity contribution in [1.82, 2.24) is 4.90 Å². The minimum absolute atomic E-state index is 0.125. The number of hydrogen-bond acceptors (Lipinski definition) is 2. The molecule has 0 aromatic heterocycles. The number of likely N-dealkylation sites (tertiary alicyclic amines) is 1. The van der Waals surface area contributed by atoms with E-state index in [4.69, 9.17) is 11.6 Å². The molecule has 2 rings (SSSR count). The van der Waals surface area contributed by atoms with Gasteiger partial charge in [0.2, 0.25) is 11.8 Å². The molecule has 0 spiro atoms. The SMILES string of the molecule is CN1C(=O)CC(c2ccc(Cl)cc2)C1=O. The number of halogens is 1. The minimum Gasteiger partial charge on any atom is -0.285 e. The Morgan fingerprint density at radius 1 is 1.27 bits per heavy atom. The molecule has 2 amide bonds. The van der Waals surface area contributed by atoms with Gasteiger partial charge < -0.3 is 0 Å². The number of hydrogen-bond donors (Lipinski definition) is 0. The predicted molar refractivity (Wildman–Crippen MR) is 56.6 cm³/mol. The van der Waals surface area contributed by atoms with Crippen molar-refractivity contribution in [1.29, 1.82) is 0 Å². The molecule has 1 aromatic rings. The zero-order valence-electron chi connectivity index (χ0n) is 8.24. The van der Waals surface area contributed by atoms with Crippen LogP contribution in [0.25, 0.3) is 0 Å². The second-order valence-corrected chi connectivity index (χ2v) is 4.04.